The van der Waals surface area contributed by atoms with E-state index in [1.165, 1.54) is 0 Å². The van der Waals surface area contributed by atoms with Crippen molar-refractivity contribution in [3.8, 4) is 12.1 Å². The Hall–Kier alpha value is -1.46. The summed E-state index contributed by atoms with van der Waals surface area (Å²) >= 11 is 1.04. The van der Waals surface area contributed by atoms with Crippen molar-refractivity contribution in [1.29, 1.82) is 15.9 Å². The molecule has 5 heteroatoms. The van der Waals surface area contributed by atoms with E-state index in [1.54, 1.807) is 0 Å². The molecular weight excluding hydrogens is 232 g/mol. The summed E-state index contributed by atoms with van der Waals surface area (Å²) in [5.41, 5.74) is 6.28. The third kappa shape index (κ3) is 2.62. The van der Waals surface area contributed by atoms with Gasteiger partial charge in [0.2, 0.25) is 0 Å². The summed E-state index contributed by atoms with van der Waals surface area (Å²) in [6, 6.07) is 4.26. The molecule has 1 aliphatic heterocycles. The molecule has 3 N–H and O–H groups in total. The van der Waals surface area contributed by atoms with Gasteiger partial charge in [0, 0.05) is 5.92 Å². The number of allylic oxidation sites excluding steroid dienone is 1. The quantitative estimate of drug-likeness (QED) is 0.802. The minimum atomic E-state index is -0.525. The maximum absolute atomic E-state index is 9.17. The van der Waals surface area contributed by atoms with Crippen molar-refractivity contribution < 1.29 is 0 Å². The first-order valence-electron chi connectivity index (χ1n) is 5.62. The van der Waals surface area contributed by atoms with E-state index in [2.05, 4.69) is 19.1 Å². The Kier molecular flexibility index (Phi) is 4.60. The summed E-state index contributed by atoms with van der Waals surface area (Å²) in [7, 11) is 0. The smallest absolute Gasteiger partial charge is 0.102 e. The lowest BCUT2D eigenvalue weighted by Gasteiger charge is -2.31. The number of nitriles is 2. The number of hydrogen-bond donors (Lipinski definition) is 2. The monoisotopic (exact) mass is 248 g/mol. The van der Waals surface area contributed by atoms with E-state index in [9.17, 15) is 5.26 Å². The van der Waals surface area contributed by atoms with Gasteiger partial charge in [0.15, 0.2) is 0 Å². The average Bonchev–Trinajstić information content (AvgIpc) is 2.28. The standard InChI is InChI=1S/C12H16N4S/c1-3-4-7(2)10-8(5-13)11(15)17-12(16)9(10)6-14/h7-8,10,15H,3-4,16H2,1-2H3/t7-,8-,10+/m0/s1. The third-order valence-corrected chi connectivity index (χ3v) is 3.99. The number of rotatable bonds is 3. The van der Waals surface area contributed by atoms with Crippen LogP contribution in [0.2, 0.25) is 0 Å². The van der Waals surface area contributed by atoms with Gasteiger partial charge in [0.1, 0.15) is 5.92 Å². The van der Waals surface area contributed by atoms with Crippen LogP contribution in [-0.2, 0) is 0 Å². The molecule has 1 aliphatic rings. The van der Waals surface area contributed by atoms with E-state index in [0.29, 0.717) is 10.6 Å². The number of nitrogens with two attached hydrogens (primary N) is 1. The molecule has 0 amide bonds. The summed E-state index contributed by atoms with van der Waals surface area (Å²) in [6.45, 7) is 4.09. The van der Waals surface area contributed by atoms with E-state index in [0.717, 1.165) is 24.6 Å². The Balaban J connectivity index is 3.17. The molecule has 0 aliphatic carbocycles. The number of thioether (sulfide) groups is 1. The topological polar surface area (TPSA) is 97.4 Å². The largest absolute Gasteiger partial charge is 0.392 e. The molecule has 0 spiro atoms. The van der Waals surface area contributed by atoms with Crippen molar-refractivity contribution in [2.24, 2.45) is 23.5 Å². The highest BCUT2D eigenvalue weighted by Crippen LogP contribution is 2.41. The summed E-state index contributed by atoms with van der Waals surface area (Å²) in [6.07, 6.45) is 1.92. The summed E-state index contributed by atoms with van der Waals surface area (Å²) < 4.78 is 0. The molecule has 0 unspecified atom stereocenters. The van der Waals surface area contributed by atoms with Crippen LogP contribution < -0.4 is 5.73 Å². The molecule has 17 heavy (non-hydrogen) atoms. The zero-order chi connectivity index (χ0) is 13.0. The van der Waals surface area contributed by atoms with Gasteiger partial charge >= 0.3 is 0 Å². The highest BCUT2D eigenvalue weighted by atomic mass is 32.2. The van der Waals surface area contributed by atoms with E-state index in [-0.39, 0.29) is 16.9 Å². The number of nitrogens with zero attached hydrogens (tertiary/aromatic N) is 2. The zero-order valence-electron chi connectivity index (χ0n) is 10.0. The Morgan fingerprint density at radius 2 is 2.18 bits per heavy atom. The molecule has 0 radical (unpaired) electrons. The highest BCUT2D eigenvalue weighted by Gasteiger charge is 2.38. The van der Waals surface area contributed by atoms with Crippen molar-refractivity contribution in [2.75, 3.05) is 0 Å². The Morgan fingerprint density at radius 3 is 2.65 bits per heavy atom. The van der Waals surface area contributed by atoms with Crippen LogP contribution in [-0.4, -0.2) is 5.04 Å². The molecule has 0 aromatic carbocycles. The van der Waals surface area contributed by atoms with Gasteiger partial charge in [-0.3, -0.25) is 5.41 Å². The molecule has 0 fully saturated rings. The molecule has 0 bridgehead atoms. The van der Waals surface area contributed by atoms with Crippen LogP contribution in [0.25, 0.3) is 0 Å². The molecule has 0 aromatic heterocycles. The second-order valence-corrected chi connectivity index (χ2v) is 5.34. The molecule has 0 saturated carbocycles. The lowest BCUT2D eigenvalue weighted by Crippen LogP contribution is -2.32. The number of hydrogen-bond acceptors (Lipinski definition) is 5. The van der Waals surface area contributed by atoms with Gasteiger partial charge in [-0.05, 0) is 5.92 Å². The van der Waals surface area contributed by atoms with Crippen LogP contribution in [0.3, 0.4) is 0 Å². The summed E-state index contributed by atoms with van der Waals surface area (Å²) in [5.74, 6) is -0.554. The molecule has 90 valence electrons. The van der Waals surface area contributed by atoms with Crippen LogP contribution in [0.15, 0.2) is 10.6 Å². The Morgan fingerprint density at radius 1 is 1.53 bits per heavy atom. The van der Waals surface area contributed by atoms with Crippen LogP contribution in [0, 0.1) is 45.8 Å². The van der Waals surface area contributed by atoms with Gasteiger partial charge in [0.25, 0.3) is 0 Å². The minimum absolute atomic E-state index is 0.194. The lowest BCUT2D eigenvalue weighted by molar-refractivity contribution is 0.359. The molecule has 3 atom stereocenters. The van der Waals surface area contributed by atoms with Crippen LogP contribution >= 0.6 is 11.8 Å². The highest BCUT2D eigenvalue weighted by molar-refractivity contribution is 8.17. The van der Waals surface area contributed by atoms with E-state index in [4.69, 9.17) is 16.4 Å². The molecule has 1 rings (SSSR count). The second kappa shape index (κ2) is 5.75. The lowest BCUT2D eigenvalue weighted by atomic mass is 9.76. The van der Waals surface area contributed by atoms with Crippen molar-refractivity contribution in [3.05, 3.63) is 10.6 Å². The van der Waals surface area contributed by atoms with Gasteiger partial charge < -0.3 is 5.73 Å². The Bertz CT molecular complexity index is 427. The maximum atomic E-state index is 9.17. The molecule has 4 nitrogen and oxygen atoms in total. The first kappa shape index (κ1) is 13.6. The van der Waals surface area contributed by atoms with Crippen molar-refractivity contribution in [3.63, 3.8) is 0 Å². The summed E-state index contributed by atoms with van der Waals surface area (Å²) in [5, 5.41) is 26.8. The average molecular weight is 248 g/mol. The second-order valence-electron chi connectivity index (χ2n) is 4.25. The fourth-order valence-corrected chi connectivity index (χ4v) is 3.10. The molecule has 0 saturated heterocycles. The number of nitrogens with one attached hydrogen (secondary N) is 1. The van der Waals surface area contributed by atoms with Gasteiger partial charge in [-0.1, -0.05) is 38.5 Å². The Labute approximate surface area is 106 Å². The van der Waals surface area contributed by atoms with Gasteiger partial charge in [-0.2, -0.15) is 10.5 Å². The van der Waals surface area contributed by atoms with E-state index in [1.807, 2.05) is 6.92 Å². The van der Waals surface area contributed by atoms with Crippen molar-refractivity contribution in [1.82, 2.24) is 0 Å². The van der Waals surface area contributed by atoms with Crippen LogP contribution in [0.1, 0.15) is 26.7 Å². The third-order valence-electron chi connectivity index (χ3n) is 3.08. The van der Waals surface area contributed by atoms with Crippen LogP contribution in [0.5, 0.6) is 0 Å². The normalized spacial score (nSPS) is 26.2. The molecule has 1 heterocycles. The first-order chi connectivity index (χ1) is 8.06. The van der Waals surface area contributed by atoms with E-state index < -0.39 is 5.92 Å². The molecular formula is C12H16N4S. The van der Waals surface area contributed by atoms with Crippen molar-refractivity contribution >= 4 is 16.8 Å². The van der Waals surface area contributed by atoms with Gasteiger partial charge in [0.05, 0.1) is 27.8 Å². The predicted octanol–water partition coefficient (Wildman–Crippen LogP) is 2.60. The van der Waals surface area contributed by atoms with Gasteiger partial charge in [-0.25, -0.2) is 0 Å². The van der Waals surface area contributed by atoms with Gasteiger partial charge in [-0.15, -0.1) is 0 Å². The maximum Gasteiger partial charge on any atom is 0.102 e. The van der Waals surface area contributed by atoms with Crippen molar-refractivity contribution in [2.45, 2.75) is 26.7 Å². The predicted molar refractivity (Wildman–Crippen MR) is 68.8 cm³/mol. The van der Waals surface area contributed by atoms with E-state index >= 15 is 0 Å². The molecule has 0 aromatic rings. The fraction of sp³-hybridized carbons (Fsp3) is 0.583. The minimum Gasteiger partial charge on any atom is -0.392 e. The zero-order valence-corrected chi connectivity index (χ0v) is 10.8. The SMILES string of the molecule is CCC[C@H](C)[C@H]1C(C#N)=C(N)SC(=N)[C@H]1C#N. The summed E-state index contributed by atoms with van der Waals surface area (Å²) in [4.78, 5) is 0. The first-order valence-corrected chi connectivity index (χ1v) is 6.44. The van der Waals surface area contributed by atoms with Crippen LogP contribution in [0.4, 0.5) is 0 Å². The fourth-order valence-electron chi connectivity index (χ4n) is 2.25.